The maximum atomic E-state index is 14.8. The summed E-state index contributed by atoms with van der Waals surface area (Å²) in [5.41, 5.74) is 2.15. The van der Waals surface area contributed by atoms with Gasteiger partial charge in [-0.2, -0.15) is 5.26 Å². The van der Waals surface area contributed by atoms with Crippen molar-refractivity contribution in [2.45, 2.75) is 63.2 Å². The topological polar surface area (TPSA) is 82.7 Å². The van der Waals surface area contributed by atoms with Gasteiger partial charge in [-0.25, -0.2) is 9.37 Å². The molecule has 6 nitrogen and oxygen atoms in total. The first-order chi connectivity index (χ1) is 14.1. The Labute approximate surface area is 169 Å². The molecule has 4 unspecified atom stereocenters. The number of nitrogens with one attached hydrogen (secondary N) is 2. The molecule has 1 aliphatic carbocycles. The zero-order chi connectivity index (χ0) is 20.0. The first-order valence-corrected chi connectivity index (χ1v) is 10.4. The summed E-state index contributed by atoms with van der Waals surface area (Å²) in [4.78, 5) is 17.0. The quantitative estimate of drug-likeness (QED) is 0.817. The summed E-state index contributed by atoms with van der Waals surface area (Å²) in [7, 11) is 0. The average Bonchev–Trinajstić information content (AvgIpc) is 3.49. The van der Waals surface area contributed by atoms with Gasteiger partial charge in [-0.05, 0) is 43.2 Å². The fraction of sp³-hybridized carbons (Fsp3) is 0.500. The van der Waals surface area contributed by atoms with Crippen molar-refractivity contribution in [2.75, 3.05) is 0 Å². The van der Waals surface area contributed by atoms with Gasteiger partial charge in [0.2, 0.25) is 5.91 Å². The van der Waals surface area contributed by atoms with Crippen molar-refractivity contribution in [1.82, 2.24) is 20.2 Å². The highest BCUT2D eigenvalue weighted by atomic mass is 19.1. The Kier molecular flexibility index (Phi) is 4.59. The van der Waals surface area contributed by atoms with Crippen LogP contribution < -0.4 is 10.6 Å². The van der Waals surface area contributed by atoms with Gasteiger partial charge in [0.1, 0.15) is 17.7 Å². The predicted octanol–water partition coefficient (Wildman–Crippen LogP) is 2.33. The maximum absolute atomic E-state index is 14.8. The van der Waals surface area contributed by atoms with Gasteiger partial charge in [0.05, 0.1) is 24.0 Å². The van der Waals surface area contributed by atoms with Crippen LogP contribution in [-0.2, 0) is 24.2 Å². The minimum absolute atomic E-state index is 0.143. The molecule has 1 saturated heterocycles. The first kappa shape index (κ1) is 18.3. The summed E-state index contributed by atoms with van der Waals surface area (Å²) in [6, 6.07) is 6.66. The zero-order valence-corrected chi connectivity index (χ0v) is 16.2. The number of nitrogens with zero attached hydrogens (tertiary/aromatic N) is 3. The lowest BCUT2D eigenvalue weighted by atomic mass is 9.98. The van der Waals surface area contributed by atoms with Gasteiger partial charge in [-0.1, -0.05) is 12.1 Å². The summed E-state index contributed by atoms with van der Waals surface area (Å²) < 4.78 is 16.9. The van der Waals surface area contributed by atoms with Crippen LogP contribution in [0.5, 0.6) is 0 Å². The minimum atomic E-state index is -0.747. The number of hydrogen-bond donors (Lipinski definition) is 2. The Hall–Kier alpha value is -2.72. The van der Waals surface area contributed by atoms with Crippen molar-refractivity contribution in [3.05, 3.63) is 41.6 Å². The number of piperidine rings is 1. The van der Waals surface area contributed by atoms with Crippen molar-refractivity contribution in [3.8, 4) is 17.3 Å². The Morgan fingerprint density at radius 3 is 3.07 bits per heavy atom. The molecule has 2 aromatic rings. The number of rotatable bonds is 5. The molecule has 3 aliphatic rings. The van der Waals surface area contributed by atoms with Gasteiger partial charge in [-0.15, -0.1) is 0 Å². The number of aromatic nitrogens is 2. The number of amides is 1. The molecule has 1 amide bonds. The van der Waals surface area contributed by atoms with E-state index in [-0.39, 0.29) is 24.2 Å². The van der Waals surface area contributed by atoms with E-state index >= 15 is 0 Å². The number of nitriles is 1. The van der Waals surface area contributed by atoms with Gasteiger partial charge in [0.25, 0.3) is 0 Å². The minimum Gasteiger partial charge on any atom is -0.339 e. The second-order valence-corrected chi connectivity index (χ2v) is 8.43. The molecule has 2 aliphatic heterocycles. The number of halogens is 1. The van der Waals surface area contributed by atoms with Crippen LogP contribution >= 0.6 is 0 Å². The van der Waals surface area contributed by atoms with E-state index in [1.54, 1.807) is 12.3 Å². The monoisotopic (exact) mass is 393 g/mol. The molecule has 4 atom stereocenters. The van der Waals surface area contributed by atoms with Gasteiger partial charge in [-0.3, -0.25) is 4.79 Å². The molecule has 0 radical (unpaired) electrons. The molecule has 1 saturated carbocycles. The van der Waals surface area contributed by atoms with E-state index in [1.165, 1.54) is 6.07 Å². The molecule has 3 heterocycles. The molecule has 150 valence electrons. The number of hydrogen-bond acceptors (Lipinski definition) is 4. The van der Waals surface area contributed by atoms with Crippen LogP contribution in [0.3, 0.4) is 0 Å². The maximum Gasteiger partial charge on any atom is 0.238 e. The lowest BCUT2D eigenvalue weighted by Crippen LogP contribution is -2.50. The lowest BCUT2D eigenvalue weighted by molar-refractivity contribution is -0.124. The summed E-state index contributed by atoms with van der Waals surface area (Å²) in [5.74, 6) is 0.901. The Morgan fingerprint density at radius 1 is 1.45 bits per heavy atom. The molecule has 7 heteroatoms. The largest absolute Gasteiger partial charge is 0.339 e. The summed E-state index contributed by atoms with van der Waals surface area (Å²) in [6.45, 7) is 0.910. The Balaban J connectivity index is 1.28. The smallest absolute Gasteiger partial charge is 0.238 e. The van der Waals surface area contributed by atoms with E-state index in [0.717, 1.165) is 55.7 Å². The van der Waals surface area contributed by atoms with Gasteiger partial charge in [0, 0.05) is 31.0 Å². The van der Waals surface area contributed by atoms with Gasteiger partial charge < -0.3 is 15.2 Å². The fourth-order valence-corrected chi connectivity index (χ4v) is 5.12. The number of fused-ring (bicyclic) bond motifs is 3. The fourth-order valence-electron chi connectivity index (χ4n) is 5.12. The van der Waals surface area contributed by atoms with E-state index in [0.29, 0.717) is 17.5 Å². The Bertz CT molecular complexity index is 994. The zero-order valence-electron chi connectivity index (χ0n) is 16.2. The summed E-state index contributed by atoms with van der Waals surface area (Å²) >= 11 is 0. The number of benzene rings is 1. The highest BCUT2D eigenvalue weighted by molar-refractivity contribution is 5.83. The van der Waals surface area contributed by atoms with Gasteiger partial charge >= 0.3 is 0 Å². The molecule has 29 heavy (non-hydrogen) atoms. The van der Waals surface area contributed by atoms with Crippen molar-refractivity contribution < 1.29 is 9.18 Å². The normalized spacial score (nSPS) is 25.6. The standard InChI is InChI=1S/C22H24FN5O/c23-18-10-14(19-12-25-20-2-1-7-28(19)20)4-3-13(18)8-17(11-24)27-22(29)21-15-5-6-16(9-15)26-21/h3-4,10,12,15-17,21,26H,1-2,5-9H2,(H,27,29). The number of carbonyl (C=O) groups is 1. The van der Waals surface area contributed by atoms with Crippen LogP contribution in [0.15, 0.2) is 24.4 Å². The van der Waals surface area contributed by atoms with E-state index in [1.807, 2.05) is 6.07 Å². The van der Waals surface area contributed by atoms with Crippen molar-refractivity contribution in [1.29, 1.82) is 5.26 Å². The molecule has 1 aromatic heterocycles. The van der Waals surface area contributed by atoms with E-state index in [2.05, 4.69) is 26.3 Å². The highest BCUT2D eigenvalue weighted by Crippen LogP contribution is 2.35. The second-order valence-electron chi connectivity index (χ2n) is 8.43. The molecule has 5 rings (SSSR count). The van der Waals surface area contributed by atoms with E-state index in [4.69, 9.17) is 0 Å². The summed E-state index contributed by atoms with van der Waals surface area (Å²) in [5, 5.41) is 15.6. The molecule has 2 fully saturated rings. The van der Waals surface area contributed by atoms with Crippen molar-refractivity contribution >= 4 is 5.91 Å². The van der Waals surface area contributed by atoms with Crippen LogP contribution in [0.4, 0.5) is 4.39 Å². The number of carbonyl (C=O) groups excluding carboxylic acids is 1. The molecule has 1 aromatic carbocycles. The van der Waals surface area contributed by atoms with Crippen LogP contribution in [0.2, 0.25) is 0 Å². The Morgan fingerprint density at radius 2 is 2.34 bits per heavy atom. The lowest BCUT2D eigenvalue weighted by Gasteiger charge is -2.23. The van der Waals surface area contributed by atoms with Crippen LogP contribution in [-0.4, -0.2) is 33.6 Å². The van der Waals surface area contributed by atoms with Crippen molar-refractivity contribution in [3.63, 3.8) is 0 Å². The number of aryl methyl sites for hydroxylation is 1. The second kappa shape index (κ2) is 7.27. The van der Waals surface area contributed by atoms with Crippen LogP contribution in [0, 0.1) is 23.1 Å². The average molecular weight is 393 g/mol. The van der Waals surface area contributed by atoms with Crippen LogP contribution in [0.1, 0.15) is 37.1 Å². The molecule has 2 bridgehead atoms. The summed E-state index contributed by atoms with van der Waals surface area (Å²) in [6.07, 6.45) is 7.18. The first-order valence-electron chi connectivity index (χ1n) is 10.4. The molecule has 2 N–H and O–H groups in total. The van der Waals surface area contributed by atoms with Crippen LogP contribution in [0.25, 0.3) is 11.3 Å². The van der Waals surface area contributed by atoms with E-state index in [9.17, 15) is 14.4 Å². The molecule has 0 spiro atoms. The van der Waals surface area contributed by atoms with Gasteiger partial charge in [0.15, 0.2) is 0 Å². The van der Waals surface area contributed by atoms with Crippen molar-refractivity contribution in [2.24, 2.45) is 5.92 Å². The number of imidazole rings is 1. The molecular weight excluding hydrogens is 369 g/mol. The third kappa shape index (κ3) is 3.32. The SMILES string of the molecule is N#CC(Cc1ccc(-c2cnc3n2CCC3)cc1F)NC(=O)C1NC2CCC1C2. The van der Waals surface area contributed by atoms with E-state index < -0.39 is 6.04 Å². The molecular formula is C22H24FN5O. The third-order valence-corrected chi connectivity index (χ3v) is 6.61. The third-order valence-electron chi connectivity index (χ3n) is 6.61. The highest BCUT2D eigenvalue weighted by Gasteiger charge is 2.43. The predicted molar refractivity (Wildman–Crippen MR) is 105 cm³/mol.